The fourth-order valence-corrected chi connectivity index (χ4v) is 5.42. The molecule has 3 aromatic carbocycles. The number of fused-ring (bicyclic) bond motifs is 1. The SMILES string of the molecule is CSc1ccccc1NC(=O)C1CN(S(=O)(=O)c2ccc(Cl)cc2)c2ccccc2O1. The summed E-state index contributed by atoms with van der Waals surface area (Å²) in [7, 11) is -3.93. The minimum absolute atomic E-state index is 0.0838. The third-order valence-electron chi connectivity index (χ3n) is 4.79. The number of para-hydroxylation sites is 3. The quantitative estimate of drug-likeness (QED) is 0.544. The highest BCUT2D eigenvalue weighted by molar-refractivity contribution is 7.98. The smallest absolute Gasteiger partial charge is 0.267 e. The summed E-state index contributed by atoms with van der Waals surface area (Å²) in [5, 5.41) is 3.29. The van der Waals surface area contributed by atoms with Crippen LogP contribution in [0.1, 0.15) is 0 Å². The van der Waals surface area contributed by atoms with Crippen LogP contribution in [0.2, 0.25) is 5.02 Å². The molecule has 1 unspecified atom stereocenters. The molecular formula is C22H19ClN2O4S2. The van der Waals surface area contributed by atoms with E-state index in [4.69, 9.17) is 16.3 Å². The molecule has 0 fully saturated rings. The number of ether oxygens (including phenoxy) is 1. The number of rotatable bonds is 5. The van der Waals surface area contributed by atoms with Gasteiger partial charge in [0.05, 0.1) is 22.8 Å². The van der Waals surface area contributed by atoms with Gasteiger partial charge in [0.15, 0.2) is 6.10 Å². The predicted octanol–water partition coefficient (Wildman–Crippen LogP) is 4.66. The van der Waals surface area contributed by atoms with Gasteiger partial charge in [0.1, 0.15) is 5.75 Å². The topological polar surface area (TPSA) is 75.7 Å². The molecule has 1 aliphatic heterocycles. The van der Waals surface area contributed by atoms with Gasteiger partial charge in [-0.2, -0.15) is 0 Å². The van der Waals surface area contributed by atoms with Gasteiger partial charge in [-0.15, -0.1) is 11.8 Å². The van der Waals surface area contributed by atoms with Crippen LogP contribution in [0.5, 0.6) is 5.75 Å². The summed E-state index contributed by atoms with van der Waals surface area (Å²) in [5.74, 6) is -0.100. The second-order valence-electron chi connectivity index (χ2n) is 6.75. The van der Waals surface area contributed by atoms with Gasteiger partial charge >= 0.3 is 0 Å². The first-order valence-electron chi connectivity index (χ1n) is 9.38. The molecule has 31 heavy (non-hydrogen) atoms. The second kappa shape index (κ2) is 8.82. The third kappa shape index (κ3) is 4.37. The maximum atomic E-state index is 13.4. The average Bonchev–Trinajstić information content (AvgIpc) is 2.79. The zero-order chi connectivity index (χ0) is 22.0. The van der Waals surface area contributed by atoms with E-state index in [-0.39, 0.29) is 11.4 Å². The number of benzene rings is 3. The standard InChI is InChI=1S/C22H19ClN2O4S2/c1-30-21-9-5-2-6-17(21)24-22(26)20-14-25(18-7-3-4-8-19(18)29-20)31(27,28)16-12-10-15(23)11-13-16/h2-13,20H,14H2,1H3,(H,24,26). The van der Waals surface area contributed by atoms with E-state index < -0.39 is 22.0 Å². The molecule has 0 radical (unpaired) electrons. The Kier molecular flexibility index (Phi) is 6.13. The maximum absolute atomic E-state index is 13.4. The Morgan fingerprint density at radius 3 is 2.48 bits per heavy atom. The van der Waals surface area contributed by atoms with Gasteiger partial charge in [-0.1, -0.05) is 35.9 Å². The molecule has 4 rings (SSSR count). The molecule has 3 aromatic rings. The van der Waals surface area contributed by atoms with Crippen LogP contribution in [0.25, 0.3) is 0 Å². The number of hydrogen-bond donors (Lipinski definition) is 1. The zero-order valence-electron chi connectivity index (χ0n) is 16.5. The van der Waals surface area contributed by atoms with E-state index in [1.807, 2.05) is 24.5 Å². The molecule has 0 aromatic heterocycles. The molecular weight excluding hydrogens is 456 g/mol. The summed E-state index contributed by atoms with van der Waals surface area (Å²) in [6, 6.07) is 20.1. The van der Waals surface area contributed by atoms with Crippen molar-refractivity contribution in [3.63, 3.8) is 0 Å². The van der Waals surface area contributed by atoms with Crippen molar-refractivity contribution in [3.8, 4) is 5.75 Å². The summed E-state index contributed by atoms with van der Waals surface area (Å²) in [4.78, 5) is 14.0. The normalized spacial score (nSPS) is 15.7. The number of sulfonamides is 1. The molecule has 160 valence electrons. The number of anilines is 2. The van der Waals surface area contributed by atoms with Crippen LogP contribution in [0.3, 0.4) is 0 Å². The molecule has 0 saturated carbocycles. The maximum Gasteiger partial charge on any atom is 0.267 e. The highest BCUT2D eigenvalue weighted by Crippen LogP contribution is 2.37. The van der Waals surface area contributed by atoms with Gasteiger partial charge in [-0.3, -0.25) is 9.10 Å². The van der Waals surface area contributed by atoms with Gasteiger partial charge < -0.3 is 10.1 Å². The monoisotopic (exact) mass is 474 g/mol. The predicted molar refractivity (Wildman–Crippen MR) is 124 cm³/mol. The first-order valence-corrected chi connectivity index (χ1v) is 12.4. The van der Waals surface area contributed by atoms with Crippen molar-refractivity contribution >= 4 is 50.7 Å². The second-order valence-corrected chi connectivity index (χ2v) is 9.90. The van der Waals surface area contributed by atoms with E-state index in [9.17, 15) is 13.2 Å². The number of hydrogen-bond acceptors (Lipinski definition) is 5. The molecule has 9 heteroatoms. The van der Waals surface area contributed by atoms with E-state index in [0.717, 1.165) is 4.90 Å². The summed E-state index contributed by atoms with van der Waals surface area (Å²) in [6.07, 6.45) is 0.894. The van der Waals surface area contributed by atoms with Gasteiger partial charge in [0.2, 0.25) is 0 Å². The first kappa shape index (κ1) is 21.5. The van der Waals surface area contributed by atoms with Crippen molar-refractivity contribution in [3.05, 3.63) is 77.8 Å². The van der Waals surface area contributed by atoms with E-state index in [1.165, 1.54) is 40.3 Å². The van der Waals surface area contributed by atoms with Crippen LogP contribution in [0, 0.1) is 0 Å². The lowest BCUT2D eigenvalue weighted by Gasteiger charge is -2.34. The molecule has 0 saturated heterocycles. The Hall–Kier alpha value is -2.68. The zero-order valence-corrected chi connectivity index (χ0v) is 18.9. The van der Waals surface area contributed by atoms with Crippen molar-refractivity contribution in [2.24, 2.45) is 0 Å². The number of halogens is 1. The largest absolute Gasteiger partial charge is 0.476 e. The van der Waals surface area contributed by atoms with E-state index in [1.54, 1.807) is 30.3 Å². The number of amides is 1. The number of carbonyl (C=O) groups is 1. The Bertz CT molecular complexity index is 1220. The van der Waals surface area contributed by atoms with Gasteiger partial charge in [0, 0.05) is 9.92 Å². The summed E-state index contributed by atoms with van der Waals surface area (Å²) in [5.41, 5.74) is 1.03. The summed E-state index contributed by atoms with van der Waals surface area (Å²) in [6.45, 7) is -0.157. The Morgan fingerprint density at radius 2 is 1.74 bits per heavy atom. The summed E-state index contributed by atoms with van der Waals surface area (Å²) < 4.78 is 33.8. The number of carbonyl (C=O) groups excluding carboxylic acids is 1. The minimum atomic E-state index is -3.93. The Labute approximate surface area is 190 Å². The van der Waals surface area contributed by atoms with E-state index in [2.05, 4.69) is 5.32 Å². The molecule has 1 aliphatic rings. The highest BCUT2D eigenvalue weighted by Gasteiger charge is 2.37. The Morgan fingerprint density at radius 1 is 1.06 bits per heavy atom. The fourth-order valence-electron chi connectivity index (χ4n) is 3.26. The lowest BCUT2D eigenvalue weighted by molar-refractivity contribution is -0.122. The fraction of sp³-hybridized carbons (Fsp3) is 0.136. The van der Waals surface area contributed by atoms with Crippen LogP contribution in [0.4, 0.5) is 11.4 Å². The highest BCUT2D eigenvalue weighted by atomic mass is 35.5. The van der Waals surface area contributed by atoms with Crippen molar-refractivity contribution in [2.75, 3.05) is 22.4 Å². The lowest BCUT2D eigenvalue weighted by Crippen LogP contribution is -2.48. The van der Waals surface area contributed by atoms with Crippen LogP contribution >= 0.6 is 23.4 Å². The van der Waals surface area contributed by atoms with Crippen molar-refractivity contribution < 1.29 is 17.9 Å². The van der Waals surface area contributed by atoms with Crippen molar-refractivity contribution in [2.45, 2.75) is 15.9 Å². The van der Waals surface area contributed by atoms with E-state index >= 15 is 0 Å². The minimum Gasteiger partial charge on any atom is -0.476 e. The molecule has 1 heterocycles. The summed E-state index contributed by atoms with van der Waals surface area (Å²) >= 11 is 7.42. The molecule has 0 aliphatic carbocycles. The average molecular weight is 475 g/mol. The third-order valence-corrected chi connectivity index (χ3v) is 7.64. The molecule has 1 atom stereocenters. The van der Waals surface area contributed by atoms with Gasteiger partial charge in [-0.25, -0.2) is 8.42 Å². The van der Waals surface area contributed by atoms with Crippen LogP contribution in [0.15, 0.2) is 82.6 Å². The number of nitrogens with zero attached hydrogens (tertiary/aromatic N) is 1. The van der Waals surface area contributed by atoms with Gasteiger partial charge in [0.25, 0.3) is 15.9 Å². The van der Waals surface area contributed by atoms with Crippen molar-refractivity contribution in [1.29, 1.82) is 0 Å². The molecule has 1 amide bonds. The first-order chi connectivity index (χ1) is 14.9. The van der Waals surface area contributed by atoms with Crippen LogP contribution in [-0.2, 0) is 14.8 Å². The molecule has 6 nitrogen and oxygen atoms in total. The van der Waals surface area contributed by atoms with E-state index in [0.29, 0.717) is 22.1 Å². The van der Waals surface area contributed by atoms with Crippen LogP contribution < -0.4 is 14.4 Å². The van der Waals surface area contributed by atoms with Gasteiger partial charge in [-0.05, 0) is 54.8 Å². The molecule has 0 bridgehead atoms. The van der Waals surface area contributed by atoms with Crippen molar-refractivity contribution in [1.82, 2.24) is 0 Å². The Balaban J connectivity index is 1.67. The lowest BCUT2D eigenvalue weighted by atomic mass is 10.2. The number of thioether (sulfide) groups is 1. The molecule has 1 N–H and O–H groups in total. The molecule has 0 spiro atoms. The number of nitrogens with one attached hydrogen (secondary N) is 1. The van der Waals surface area contributed by atoms with Crippen LogP contribution in [-0.4, -0.2) is 33.2 Å².